The van der Waals surface area contributed by atoms with Crippen molar-refractivity contribution in [1.29, 1.82) is 0 Å². The van der Waals surface area contributed by atoms with Gasteiger partial charge in [0.2, 0.25) is 5.91 Å². The van der Waals surface area contributed by atoms with Gasteiger partial charge in [-0.15, -0.1) is 0 Å². The molecule has 0 saturated carbocycles. The Hall–Kier alpha value is -3.36. The number of hydrogen-bond acceptors (Lipinski definition) is 4. The Kier molecular flexibility index (Phi) is 7.19. The molecule has 1 aliphatic heterocycles. The van der Waals surface area contributed by atoms with E-state index in [9.17, 15) is 22.8 Å². The molecule has 1 amide bonds. The Morgan fingerprint density at radius 1 is 0.941 bits per heavy atom. The highest BCUT2D eigenvalue weighted by Crippen LogP contribution is 2.31. The fraction of sp³-hybridized carbons (Fsp3) is 0.400. The highest BCUT2D eigenvalue weighted by atomic mass is 19.4. The van der Waals surface area contributed by atoms with E-state index in [1.54, 1.807) is 27.9 Å². The number of aromatic nitrogens is 2. The molecular formula is C25H27F3N4O2. The molecule has 6 nitrogen and oxygen atoms in total. The standard InChI is InChI=1S/C25H27F3N4O2/c26-25(27,28)19-7-6-8-20(17-19)30-13-15-31(16-14-30)23(33)11-2-1-5-12-32-18-29-22-10-4-3-9-21(22)24(32)34/h3-4,6-10,17-18H,1-2,5,11-16H2. The molecule has 34 heavy (non-hydrogen) atoms. The number of carbonyl (C=O) groups excluding carboxylic acids is 1. The summed E-state index contributed by atoms with van der Waals surface area (Å²) in [5.74, 6) is 0.0632. The van der Waals surface area contributed by atoms with Crippen molar-refractivity contribution in [3.8, 4) is 0 Å². The number of fused-ring (bicyclic) bond motifs is 1. The predicted octanol–water partition coefficient (Wildman–Crippen LogP) is 4.32. The molecule has 0 bridgehead atoms. The van der Waals surface area contributed by atoms with Crippen LogP contribution in [-0.4, -0.2) is 46.5 Å². The van der Waals surface area contributed by atoms with Gasteiger partial charge in [0.1, 0.15) is 0 Å². The smallest absolute Gasteiger partial charge is 0.368 e. The minimum Gasteiger partial charge on any atom is -0.368 e. The molecule has 0 unspecified atom stereocenters. The average Bonchev–Trinajstić information content (AvgIpc) is 2.85. The number of halogens is 3. The van der Waals surface area contributed by atoms with Gasteiger partial charge in [-0.1, -0.05) is 24.6 Å². The Morgan fingerprint density at radius 2 is 1.71 bits per heavy atom. The maximum atomic E-state index is 13.0. The van der Waals surface area contributed by atoms with Gasteiger partial charge in [-0.2, -0.15) is 13.2 Å². The molecule has 0 aliphatic carbocycles. The zero-order valence-corrected chi connectivity index (χ0v) is 18.8. The minimum absolute atomic E-state index is 0.0553. The molecule has 2 aromatic carbocycles. The van der Waals surface area contributed by atoms with Crippen molar-refractivity contribution >= 4 is 22.5 Å². The van der Waals surface area contributed by atoms with Gasteiger partial charge in [0.05, 0.1) is 22.8 Å². The van der Waals surface area contributed by atoms with Gasteiger partial charge in [-0.05, 0) is 43.2 Å². The van der Waals surface area contributed by atoms with E-state index in [2.05, 4.69) is 4.98 Å². The number of benzene rings is 2. The summed E-state index contributed by atoms with van der Waals surface area (Å²) < 4.78 is 40.5. The van der Waals surface area contributed by atoms with Crippen LogP contribution in [0.25, 0.3) is 10.9 Å². The van der Waals surface area contributed by atoms with Crippen LogP contribution in [0.4, 0.5) is 18.9 Å². The van der Waals surface area contributed by atoms with E-state index >= 15 is 0 Å². The number of unbranched alkanes of at least 4 members (excludes halogenated alkanes) is 2. The third kappa shape index (κ3) is 5.58. The van der Waals surface area contributed by atoms with Gasteiger partial charge >= 0.3 is 6.18 Å². The molecule has 1 fully saturated rings. The van der Waals surface area contributed by atoms with Gasteiger partial charge in [0, 0.05) is 44.8 Å². The summed E-state index contributed by atoms with van der Waals surface area (Å²) in [6, 6.07) is 12.6. The number of para-hydroxylation sites is 1. The van der Waals surface area contributed by atoms with Gasteiger partial charge in [-0.3, -0.25) is 14.2 Å². The Bertz CT molecular complexity index is 1200. The van der Waals surface area contributed by atoms with Crippen molar-refractivity contribution < 1.29 is 18.0 Å². The molecule has 2 heterocycles. The van der Waals surface area contributed by atoms with Crippen LogP contribution in [0.15, 0.2) is 59.7 Å². The third-order valence-electron chi connectivity index (χ3n) is 6.19. The van der Waals surface area contributed by atoms with Crippen molar-refractivity contribution in [3.05, 3.63) is 70.8 Å². The second-order valence-corrected chi connectivity index (χ2v) is 8.49. The molecule has 1 aliphatic rings. The molecule has 0 spiro atoms. The molecule has 180 valence electrons. The second kappa shape index (κ2) is 10.3. The summed E-state index contributed by atoms with van der Waals surface area (Å²) >= 11 is 0. The first-order valence-electron chi connectivity index (χ1n) is 11.5. The minimum atomic E-state index is -4.37. The van der Waals surface area contributed by atoms with E-state index < -0.39 is 11.7 Å². The van der Waals surface area contributed by atoms with Crippen molar-refractivity contribution in [2.45, 2.75) is 38.4 Å². The van der Waals surface area contributed by atoms with Gasteiger partial charge in [0.15, 0.2) is 0 Å². The highest BCUT2D eigenvalue weighted by molar-refractivity contribution is 5.77. The first-order valence-corrected chi connectivity index (χ1v) is 11.5. The number of rotatable bonds is 7. The largest absolute Gasteiger partial charge is 0.416 e. The number of hydrogen-bond donors (Lipinski definition) is 0. The van der Waals surface area contributed by atoms with Gasteiger partial charge in [0.25, 0.3) is 5.56 Å². The number of amides is 1. The molecular weight excluding hydrogens is 445 g/mol. The summed E-state index contributed by atoms with van der Waals surface area (Å²) in [6.45, 7) is 2.55. The molecule has 1 aromatic heterocycles. The molecule has 3 aromatic rings. The SMILES string of the molecule is O=C(CCCCCn1cnc2ccccc2c1=O)N1CCN(c2cccc(C(F)(F)F)c2)CC1. The summed E-state index contributed by atoms with van der Waals surface area (Å²) in [5, 5.41) is 0.601. The van der Waals surface area contributed by atoms with E-state index in [1.165, 1.54) is 6.07 Å². The summed E-state index contributed by atoms with van der Waals surface area (Å²) in [6.07, 6.45) is -0.0608. The van der Waals surface area contributed by atoms with Crippen LogP contribution in [0, 0.1) is 0 Å². The maximum Gasteiger partial charge on any atom is 0.416 e. The van der Waals surface area contributed by atoms with Crippen LogP contribution >= 0.6 is 0 Å². The van der Waals surface area contributed by atoms with Crippen LogP contribution in [-0.2, 0) is 17.5 Å². The highest BCUT2D eigenvalue weighted by Gasteiger charge is 2.31. The number of anilines is 1. The van der Waals surface area contributed by atoms with E-state index in [0.717, 1.165) is 31.4 Å². The van der Waals surface area contributed by atoms with Crippen molar-refractivity contribution in [1.82, 2.24) is 14.5 Å². The zero-order valence-electron chi connectivity index (χ0n) is 18.8. The lowest BCUT2D eigenvalue weighted by atomic mass is 10.1. The fourth-order valence-electron chi connectivity index (χ4n) is 4.25. The van der Waals surface area contributed by atoms with E-state index in [-0.39, 0.29) is 11.5 Å². The number of piperazine rings is 1. The average molecular weight is 473 g/mol. The first-order chi connectivity index (χ1) is 16.3. The number of nitrogens with zero attached hydrogens (tertiary/aromatic N) is 4. The van der Waals surface area contributed by atoms with Crippen LogP contribution in [0.3, 0.4) is 0 Å². The number of alkyl halides is 3. The molecule has 0 atom stereocenters. The number of carbonyl (C=O) groups is 1. The topological polar surface area (TPSA) is 58.4 Å². The molecule has 9 heteroatoms. The summed E-state index contributed by atoms with van der Waals surface area (Å²) in [7, 11) is 0. The van der Waals surface area contributed by atoms with Crippen molar-refractivity contribution in [3.63, 3.8) is 0 Å². The lowest BCUT2D eigenvalue weighted by Crippen LogP contribution is -2.48. The van der Waals surface area contributed by atoms with Crippen LogP contribution in [0.2, 0.25) is 0 Å². The van der Waals surface area contributed by atoms with Crippen LogP contribution in [0.5, 0.6) is 0 Å². The predicted molar refractivity (Wildman–Crippen MR) is 125 cm³/mol. The molecule has 0 radical (unpaired) electrons. The van der Waals surface area contributed by atoms with Crippen molar-refractivity contribution in [2.24, 2.45) is 0 Å². The molecule has 4 rings (SSSR count). The van der Waals surface area contributed by atoms with Gasteiger partial charge in [-0.25, -0.2) is 4.98 Å². The van der Waals surface area contributed by atoms with E-state index in [1.807, 2.05) is 23.1 Å². The summed E-state index contributed by atoms with van der Waals surface area (Å²) in [5.41, 5.74) is 0.494. The van der Waals surface area contributed by atoms with Gasteiger partial charge < -0.3 is 9.80 Å². The van der Waals surface area contributed by atoms with E-state index in [0.29, 0.717) is 55.7 Å². The first kappa shape index (κ1) is 23.8. The summed E-state index contributed by atoms with van der Waals surface area (Å²) in [4.78, 5) is 33.0. The lowest BCUT2D eigenvalue weighted by Gasteiger charge is -2.36. The zero-order chi connectivity index (χ0) is 24.1. The Morgan fingerprint density at radius 3 is 2.47 bits per heavy atom. The van der Waals surface area contributed by atoms with Crippen molar-refractivity contribution in [2.75, 3.05) is 31.1 Å². The third-order valence-corrected chi connectivity index (χ3v) is 6.19. The Labute approximate surface area is 195 Å². The Balaban J connectivity index is 1.19. The fourth-order valence-corrected chi connectivity index (χ4v) is 4.25. The monoisotopic (exact) mass is 472 g/mol. The van der Waals surface area contributed by atoms with E-state index in [4.69, 9.17) is 0 Å². The lowest BCUT2D eigenvalue weighted by molar-refractivity contribution is -0.137. The van der Waals surface area contributed by atoms with Crippen LogP contribution in [0.1, 0.15) is 31.2 Å². The second-order valence-electron chi connectivity index (χ2n) is 8.49. The van der Waals surface area contributed by atoms with Crippen LogP contribution < -0.4 is 10.5 Å². The number of aryl methyl sites for hydroxylation is 1. The quantitative estimate of drug-likeness (QED) is 0.481. The normalized spacial score (nSPS) is 14.6. The maximum absolute atomic E-state index is 13.0. The molecule has 0 N–H and O–H groups in total. The molecule has 1 saturated heterocycles.